The summed E-state index contributed by atoms with van der Waals surface area (Å²) >= 11 is 0. The van der Waals surface area contributed by atoms with Gasteiger partial charge in [-0.15, -0.1) is 0 Å². The highest BCUT2D eigenvalue weighted by atomic mass is 15.2. The van der Waals surface area contributed by atoms with Crippen molar-refractivity contribution in [3.63, 3.8) is 0 Å². The van der Waals surface area contributed by atoms with E-state index in [4.69, 9.17) is 0 Å². The standard InChI is InChI=1S/C21H22N4/c1-16-23-20(22-15-17-8-3-2-4-9-17)14-21(24-16)25-13-7-11-18-10-5-6-12-19(18)25/h2-6,8-10,12,14H,7,11,13,15H2,1H3,(H,22,23,24). The van der Waals surface area contributed by atoms with Gasteiger partial charge in [-0.25, -0.2) is 9.97 Å². The summed E-state index contributed by atoms with van der Waals surface area (Å²) in [4.78, 5) is 11.5. The summed E-state index contributed by atoms with van der Waals surface area (Å²) in [6.45, 7) is 3.70. The average molecular weight is 330 g/mol. The predicted molar refractivity (Wildman–Crippen MR) is 102 cm³/mol. The summed E-state index contributed by atoms with van der Waals surface area (Å²) in [6, 6.07) is 21.0. The molecule has 1 aliphatic heterocycles. The maximum atomic E-state index is 4.69. The zero-order chi connectivity index (χ0) is 17.1. The van der Waals surface area contributed by atoms with Crippen molar-refractivity contribution in [3.05, 3.63) is 77.6 Å². The van der Waals surface area contributed by atoms with Gasteiger partial charge in [0.2, 0.25) is 0 Å². The minimum Gasteiger partial charge on any atom is -0.366 e. The van der Waals surface area contributed by atoms with Crippen LogP contribution in [0.4, 0.5) is 17.3 Å². The molecule has 0 amide bonds. The minimum absolute atomic E-state index is 0.757. The van der Waals surface area contributed by atoms with Crippen LogP contribution in [-0.2, 0) is 13.0 Å². The molecule has 4 rings (SSSR count). The second-order valence-corrected chi connectivity index (χ2v) is 6.38. The zero-order valence-electron chi connectivity index (χ0n) is 14.4. The number of aryl methyl sites for hydroxylation is 2. The highest BCUT2D eigenvalue weighted by Gasteiger charge is 2.19. The molecular weight excluding hydrogens is 308 g/mol. The van der Waals surface area contributed by atoms with E-state index in [0.29, 0.717) is 0 Å². The minimum atomic E-state index is 0.757. The van der Waals surface area contributed by atoms with Crippen molar-refractivity contribution >= 4 is 17.3 Å². The first-order chi connectivity index (χ1) is 12.3. The first kappa shape index (κ1) is 15.6. The molecule has 2 heterocycles. The molecule has 1 aromatic heterocycles. The van der Waals surface area contributed by atoms with Gasteiger partial charge in [-0.1, -0.05) is 48.5 Å². The summed E-state index contributed by atoms with van der Waals surface area (Å²) in [6.07, 6.45) is 2.28. The third kappa shape index (κ3) is 3.48. The van der Waals surface area contributed by atoms with Crippen molar-refractivity contribution < 1.29 is 0 Å². The molecule has 3 aromatic rings. The molecule has 0 saturated carbocycles. The fraction of sp³-hybridized carbons (Fsp3) is 0.238. The number of benzene rings is 2. The Hall–Kier alpha value is -2.88. The Labute approximate surface area is 148 Å². The first-order valence-electron chi connectivity index (χ1n) is 8.78. The number of hydrogen-bond acceptors (Lipinski definition) is 4. The highest BCUT2D eigenvalue weighted by molar-refractivity contribution is 5.67. The van der Waals surface area contributed by atoms with Crippen LogP contribution in [0.2, 0.25) is 0 Å². The van der Waals surface area contributed by atoms with Crippen molar-refractivity contribution in [2.75, 3.05) is 16.8 Å². The van der Waals surface area contributed by atoms with E-state index >= 15 is 0 Å². The van der Waals surface area contributed by atoms with Gasteiger partial charge in [0.1, 0.15) is 17.5 Å². The molecule has 1 aliphatic rings. The number of nitrogens with one attached hydrogen (secondary N) is 1. The Kier molecular flexibility index (Phi) is 4.34. The molecule has 25 heavy (non-hydrogen) atoms. The van der Waals surface area contributed by atoms with E-state index in [9.17, 15) is 0 Å². The summed E-state index contributed by atoms with van der Waals surface area (Å²) in [5.41, 5.74) is 3.90. The number of para-hydroxylation sites is 1. The van der Waals surface area contributed by atoms with Crippen molar-refractivity contribution in [1.29, 1.82) is 0 Å². The Balaban J connectivity index is 1.60. The molecule has 2 aromatic carbocycles. The monoisotopic (exact) mass is 330 g/mol. The van der Waals surface area contributed by atoms with Crippen LogP contribution >= 0.6 is 0 Å². The van der Waals surface area contributed by atoms with Gasteiger partial charge in [0.25, 0.3) is 0 Å². The molecule has 0 radical (unpaired) electrons. The fourth-order valence-corrected chi connectivity index (χ4v) is 3.34. The zero-order valence-corrected chi connectivity index (χ0v) is 14.4. The average Bonchev–Trinajstić information content (AvgIpc) is 2.66. The molecule has 0 saturated heterocycles. The largest absolute Gasteiger partial charge is 0.366 e. The van der Waals surface area contributed by atoms with Crippen molar-refractivity contribution in [2.24, 2.45) is 0 Å². The second-order valence-electron chi connectivity index (χ2n) is 6.38. The lowest BCUT2D eigenvalue weighted by atomic mass is 10.0. The van der Waals surface area contributed by atoms with E-state index in [0.717, 1.165) is 43.4 Å². The number of anilines is 3. The molecular formula is C21H22N4. The van der Waals surface area contributed by atoms with Crippen LogP contribution in [0.5, 0.6) is 0 Å². The second kappa shape index (κ2) is 6.93. The summed E-state index contributed by atoms with van der Waals surface area (Å²) in [5, 5.41) is 3.43. The molecule has 0 fully saturated rings. The molecule has 0 bridgehead atoms. The molecule has 0 aliphatic carbocycles. The van der Waals surface area contributed by atoms with Crippen molar-refractivity contribution in [2.45, 2.75) is 26.3 Å². The van der Waals surface area contributed by atoms with E-state index in [1.807, 2.05) is 13.0 Å². The third-order valence-corrected chi connectivity index (χ3v) is 4.53. The van der Waals surface area contributed by atoms with Crippen LogP contribution in [-0.4, -0.2) is 16.5 Å². The van der Waals surface area contributed by atoms with Gasteiger partial charge < -0.3 is 10.2 Å². The molecule has 1 N–H and O–H groups in total. The van der Waals surface area contributed by atoms with Gasteiger partial charge >= 0.3 is 0 Å². The maximum Gasteiger partial charge on any atom is 0.138 e. The lowest BCUT2D eigenvalue weighted by Crippen LogP contribution is -2.25. The predicted octanol–water partition coefficient (Wildman–Crippen LogP) is 4.48. The Morgan fingerprint density at radius 3 is 2.68 bits per heavy atom. The van der Waals surface area contributed by atoms with Crippen LogP contribution in [0, 0.1) is 6.92 Å². The van der Waals surface area contributed by atoms with E-state index in [1.54, 1.807) is 0 Å². The number of rotatable bonds is 4. The molecule has 0 atom stereocenters. The Bertz CT molecular complexity index is 861. The number of fused-ring (bicyclic) bond motifs is 1. The smallest absolute Gasteiger partial charge is 0.138 e. The number of nitrogens with zero attached hydrogens (tertiary/aromatic N) is 3. The van der Waals surface area contributed by atoms with Crippen LogP contribution in [0.1, 0.15) is 23.4 Å². The summed E-state index contributed by atoms with van der Waals surface area (Å²) in [5.74, 6) is 2.63. The molecule has 126 valence electrons. The Morgan fingerprint density at radius 1 is 1.00 bits per heavy atom. The molecule has 4 nitrogen and oxygen atoms in total. The van der Waals surface area contributed by atoms with Gasteiger partial charge in [-0.2, -0.15) is 0 Å². The SMILES string of the molecule is Cc1nc(NCc2ccccc2)cc(N2CCCc3ccccc32)n1. The molecule has 4 heteroatoms. The number of aromatic nitrogens is 2. The lowest BCUT2D eigenvalue weighted by molar-refractivity contribution is 0.756. The van der Waals surface area contributed by atoms with Crippen LogP contribution in [0.15, 0.2) is 60.7 Å². The summed E-state index contributed by atoms with van der Waals surface area (Å²) < 4.78 is 0. The third-order valence-electron chi connectivity index (χ3n) is 4.53. The van der Waals surface area contributed by atoms with E-state index < -0.39 is 0 Å². The Morgan fingerprint density at radius 2 is 1.80 bits per heavy atom. The van der Waals surface area contributed by atoms with Gasteiger partial charge in [0, 0.05) is 24.8 Å². The normalized spacial score (nSPS) is 13.4. The first-order valence-corrected chi connectivity index (χ1v) is 8.78. The van der Waals surface area contributed by atoms with Crippen molar-refractivity contribution in [3.8, 4) is 0 Å². The maximum absolute atomic E-state index is 4.69. The quantitative estimate of drug-likeness (QED) is 0.766. The number of hydrogen-bond donors (Lipinski definition) is 1. The molecule has 0 spiro atoms. The van der Waals surface area contributed by atoms with Gasteiger partial charge in [-0.3, -0.25) is 0 Å². The van der Waals surface area contributed by atoms with Gasteiger partial charge in [0.05, 0.1) is 0 Å². The van der Waals surface area contributed by atoms with Gasteiger partial charge in [0.15, 0.2) is 0 Å². The van der Waals surface area contributed by atoms with E-state index in [-0.39, 0.29) is 0 Å². The summed E-state index contributed by atoms with van der Waals surface area (Å²) in [7, 11) is 0. The van der Waals surface area contributed by atoms with E-state index in [2.05, 4.69) is 74.8 Å². The van der Waals surface area contributed by atoms with Crippen molar-refractivity contribution in [1.82, 2.24) is 9.97 Å². The molecule has 0 unspecified atom stereocenters. The van der Waals surface area contributed by atoms with Crippen LogP contribution in [0.3, 0.4) is 0 Å². The van der Waals surface area contributed by atoms with Crippen LogP contribution in [0.25, 0.3) is 0 Å². The van der Waals surface area contributed by atoms with E-state index in [1.165, 1.54) is 16.8 Å². The van der Waals surface area contributed by atoms with Crippen LogP contribution < -0.4 is 10.2 Å². The highest BCUT2D eigenvalue weighted by Crippen LogP contribution is 2.32. The topological polar surface area (TPSA) is 41.1 Å². The van der Waals surface area contributed by atoms with Gasteiger partial charge in [-0.05, 0) is 37.0 Å². The lowest BCUT2D eigenvalue weighted by Gasteiger charge is -2.30. The fourth-order valence-electron chi connectivity index (χ4n) is 3.34.